The Balaban J connectivity index is 2.03. The molecular weight excluding hydrogens is 340 g/mol. The van der Waals surface area contributed by atoms with Gasteiger partial charge in [0, 0.05) is 31.2 Å². The molecular formula is C18H30N2O4S. The van der Waals surface area contributed by atoms with Crippen molar-refractivity contribution >= 4 is 10.0 Å². The van der Waals surface area contributed by atoms with E-state index in [0.29, 0.717) is 0 Å². The third-order valence-electron chi connectivity index (χ3n) is 4.54. The minimum Gasteiger partial charge on any atom is -0.493 e. The Morgan fingerprint density at radius 3 is 2.56 bits per heavy atom. The summed E-state index contributed by atoms with van der Waals surface area (Å²) in [6, 6.07) is 6.01. The van der Waals surface area contributed by atoms with Crippen LogP contribution in [-0.2, 0) is 16.6 Å². The summed E-state index contributed by atoms with van der Waals surface area (Å²) in [6.07, 6.45) is 3.91. The lowest BCUT2D eigenvalue weighted by Crippen LogP contribution is -2.44. The standard InChI is InChI=1S/C18H30N2O4S/c1-5-14(2)24-18-15(7-6-8-17(18)23-3)13-20-11-9-16(10-12-20)19-25(4,21)22/h6-8,14,16,19H,5,9-13H2,1-4H3/t14-/m1/s1. The van der Waals surface area contributed by atoms with E-state index in [1.54, 1.807) is 7.11 Å². The van der Waals surface area contributed by atoms with E-state index in [1.807, 2.05) is 12.1 Å². The highest BCUT2D eigenvalue weighted by molar-refractivity contribution is 7.88. The lowest BCUT2D eigenvalue weighted by molar-refractivity contribution is 0.183. The van der Waals surface area contributed by atoms with Crippen molar-refractivity contribution in [2.45, 2.75) is 51.8 Å². The van der Waals surface area contributed by atoms with Crippen molar-refractivity contribution in [3.8, 4) is 11.5 Å². The molecule has 0 saturated carbocycles. The van der Waals surface area contributed by atoms with Crippen LogP contribution in [0.25, 0.3) is 0 Å². The number of hydrogen-bond acceptors (Lipinski definition) is 5. The molecule has 0 aliphatic carbocycles. The van der Waals surface area contributed by atoms with Crippen molar-refractivity contribution in [2.24, 2.45) is 0 Å². The minimum atomic E-state index is -3.14. The van der Waals surface area contributed by atoms with Gasteiger partial charge in [-0.25, -0.2) is 13.1 Å². The number of rotatable bonds is 8. The van der Waals surface area contributed by atoms with Gasteiger partial charge in [-0.2, -0.15) is 0 Å². The van der Waals surface area contributed by atoms with E-state index in [2.05, 4.69) is 29.5 Å². The number of sulfonamides is 1. The third-order valence-corrected chi connectivity index (χ3v) is 5.30. The zero-order valence-electron chi connectivity index (χ0n) is 15.6. The zero-order valence-corrected chi connectivity index (χ0v) is 16.4. The number of methoxy groups -OCH3 is 1. The molecule has 0 radical (unpaired) electrons. The van der Waals surface area contributed by atoms with Crippen molar-refractivity contribution in [1.82, 2.24) is 9.62 Å². The SMILES string of the molecule is CC[C@@H](C)Oc1c(CN2CCC(NS(C)(=O)=O)CC2)cccc1OC. The predicted octanol–water partition coefficient (Wildman–Crippen LogP) is 2.39. The van der Waals surface area contributed by atoms with Crippen molar-refractivity contribution in [3.05, 3.63) is 23.8 Å². The fourth-order valence-corrected chi connectivity index (χ4v) is 3.86. The molecule has 1 heterocycles. The maximum Gasteiger partial charge on any atom is 0.208 e. The molecule has 1 aromatic rings. The fourth-order valence-electron chi connectivity index (χ4n) is 3.02. The summed E-state index contributed by atoms with van der Waals surface area (Å²) in [5.74, 6) is 1.57. The van der Waals surface area contributed by atoms with Gasteiger partial charge in [0.2, 0.25) is 10.0 Å². The number of nitrogens with one attached hydrogen (secondary N) is 1. The zero-order chi connectivity index (χ0) is 18.4. The van der Waals surface area contributed by atoms with Crippen LogP contribution >= 0.6 is 0 Å². The monoisotopic (exact) mass is 370 g/mol. The second-order valence-electron chi connectivity index (χ2n) is 6.73. The largest absolute Gasteiger partial charge is 0.493 e. The van der Waals surface area contributed by atoms with Crippen LogP contribution in [0.15, 0.2) is 18.2 Å². The predicted molar refractivity (Wildman–Crippen MR) is 99.7 cm³/mol. The molecule has 0 unspecified atom stereocenters. The van der Waals surface area contributed by atoms with Gasteiger partial charge < -0.3 is 9.47 Å². The first-order valence-corrected chi connectivity index (χ1v) is 10.7. The topological polar surface area (TPSA) is 67.9 Å². The van der Waals surface area contributed by atoms with Crippen molar-refractivity contribution < 1.29 is 17.9 Å². The normalized spacial score (nSPS) is 18.1. The summed E-state index contributed by atoms with van der Waals surface area (Å²) in [6.45, 7) is 6.63. The summed E-state index contributed by atoms with van der Waals surface area (Å²) < 4.78 is 37.0. The average molecular weight is 371 g/mol. The van der Waals surface area contributed by atoms with E-state index >= 15 is 0 Å². The van der Waals surface area contributed by atoms with Gasteiger partial charge in [0.05, 0.1) is 19.5 Å². The summed E-state index contributed by atoms with van der Waals surface area (Å²) in [5.41, 5.74) is 1.11. The number of ether oxygens (including phenoxy) is 2. The van der Waals surface area contributed by atoms with Gasteiger partial charge in [-0.3, -0.25) is 4.90 Å². The fraction of sp³-hybridized carbons (Fsp3) is 0.667. The summed E-state index contributed by atoms with van der Waals surface area (Å²) >= 11 is 0. The highest BCUT2D eigenvalue weighted by Gasteiger charge is 2.23. The Kier molecular flexibility index (Phi) is 7.10. The van der Waals surface area contributed by atoms with Gasteiger partial charge in [0.25, 0.3) is 0 Å². The van der Waals surface area contributed by atoms with Crippen LogP contribution in [0.2, 0.25) is 0 Å². The lowest BCUT2D eigenvalue weighted by atomic mass is 10.0. The first-order chi connectivity index (χ1) is 11.8. The maximum atomic E-state index is 11.4. The molecule has 6 nitrogen and oxygen atoms in total. The van der Waals surface area contributed by atoms with E-state index in [4.69, 9.17) is 9.47 Å². The molecule has 0 bridgehead atoms. The second kappa shape index (κ2) is 8.87. The van der Waals surface area contributed by atoms with Crippen LogP contribution in [0.5, 0.6) is 11.5 Å². The summed E-state index contributed by atoms with van der Waals surface area (Å²) in [5, 5.41) is 0. The molecule has 1 aliphatic heterocycles. The molecule has 1 fully saturated rings. The Morgan fingerprint density at radius 1 is 1.32 bits per heavy atom. The highest BCUT2D eigenvalue weighted by atomic mass is 32.2. The van der Waals surface area contributed by atoms with Crippen LogP contribution in [0.3, 0.4) is 0 Å². The first-order valence-electron chi connectivity index (χ1n) is 8.84. The van der Waals surface area contributed by atoms with Gasteiger partial charge in [-0.05, 0) is 32.3 Å². The summed E-state index contributed by atoms with van der Waals surface area (Å²) in [4.78, 5) is 2.33. The molecule has 1 aliphatic rings. The smallest absolute Gasteiger partial charge is 0.208 e. The lowest BCUT2D eigenvalue weighted by Gasteiger charge is -2.32. The Morgan fingerprint density at radius 2 is 2.00 bits per heavy atom. The first kappa shape index (κ1) is 20.0. The van der Waals surface area contributed by atoms with Crippen molar-refractivity contribution in [3.63, 3.8) is 0 Å². The molecule has 1 N–H and O–H groups in total. The number of piperidine rings is 1. The van der Waals surface area contributed by atoms with Gasteiger partial charge in [0.15, 0.2) is 11.5 Å². The van der Waals surface area contributed by atoms with Crippen LogP contribution < -0.4 is 14.2 Å². The molecule has 0 spiro atoms. The molecule has 0 aromatic heterocycles. The van der Waals surface area contributed by atoms with Crippen molar-refractivity contribution in [1.29, 1.82) is 0 Å². The maximum absolute atomic E-state index is 11.4. The molecule has 7 heteroatoms. The average Bonchev–Trinajstić information content (AvgIpc) is 2.56. The Hall–Kier alpha value is -1.31. The highest BCUT2D eigenvalue weighted by Crippen LogP contribution is 2.33. The van der Waals surface area contributed by atoms with E-state index in [0.717, 1.165) is 56.0 Å². The molecule has 0 amide bonds. The molecule has 25 heavy (non-hydrogen) atoms. The van der Waals surface area contributed by atoms with Gasteiger partial charge in [-0.1, -0.05) is 19.1 Å². The third kappa shape index (κ3) is 6.17. The van der Waals surface area contributed by atoms with E-state index in [1.165, 1.54) is 6.26 Å². The summed E-state index contributed by atoms with van der Waals surface area (Å²) in [7, 11) is -1.48. The van der Waals surface area contributed by atoms with E-state index in [9.17, 15) is 8.42 Å². The number of hydrogen-bond donors (Lipinski definition) is 1. The van der Waals surface area contributed by atoms with Crippen LogP contribution in [-0.4, -0.2) is 51.9 Å². The van der Waals surface area contributed by atoms with Crippen molar-refractivity contribution in [2.75, 3.05) is 26.5 Å². The quantitative estimate of drug-likeness (QED) is 0.761. The van der Waals surface area contributed by atoms with Crippen LogP contribution in [0.1, 0.15) is 38.7 Å². The molecule has 1 saturated heterocycles. The number of benzene rings is 1. The molecule has 1 aromatic carbocycles. The number of para-hydroxylation sites is 1. The van der Waals surface area contributed by atoms with Gasteiger partial charge in [-0.15, -0.1) is 0 Å². The van der Waals surface area contributed by atoms with Gasteiger partial charge >= 0.3 is 0 Å². The van der Waals surface area contributed by atoms with Gasteiger partial charge in [0.1, 0.15) is 0 Å². The molecule has 1 atom stereocenters. The van der Waals surface area contributed by atoms with Crippen LogP contribution in [0.4, 0.5) is 0 Å². The van der Waals surface area contributed by atoms with E-state index < -0.39 is 10.0 Å². The minimum absolute atomic E-state index is 0.0346. The number of likely N-dealkylation sites (tertiary alicyclic amines) is 1. The second-order valence-corrected chi connectivity index (χ2v) is 8.51. The number of nitrogens with zero attached hydrogens (tertiary/aromatic N) is 1. The van der Waals surface area contributed by atoms with Crippen LogP contribution in [0, 0.1) is 0 Å². The Labute approximate surface area is 151 Å². The molecule has 2 rings (SSSR count). The van der Waals surface area contributed by atoms with E-state index in [-0.39, 0.29) is 12.1 Å². The molecule has 142 valence electrons. The Bertz CT molecular complexity index is 655.